The number of anilines is 1. The van der Waals surface area contributed by atoms with Crippen molar-refractivity contribution in [3.63, 3.8) is 0 Å². The second-order valence-corrected chi connectivity index (χ2v) is 8.33. The molecule has 4 rings (SSSR count). The molecule has 3 aromatic carbocycles. The predicted molar refractivity (Wildman–Crippen MR) is 119 cm³/mol. The molecule has 0 spiro atoms. The first-order valence-corrected chi connectivity index (χ1v) is 10.2. The van der Waals surface area contributed by atoms with Crippen molar-refractivity contribution in [2.24, 2.45) is 0 Å². The summed E-state index contributed by atoms with van der Waals surface area (Å²) in [7, 11) is 0. The number of amides is 1. The Hall–Kier alpha value is -1.90. The number of nitrogens with zero attached hydrogens (tertiary/aromatic N) is 1. The third-order valence-electron chi connectivity index (χ3n) is 3.89. The molecule has 1 heterocycles. The van der Waals surface area contributed by atoms with Crippen LogP contribution in [-0.4, -0.2) is 10.9 Å². The van der Waals surface area contributed by atoms with E-state index in [0.29, 0.717) is 33.3 Å². The van der Waals surface area contributed by atoms with Crippen LogP contribution in [0.4, 0.5) is 5.69 Å². The van der Waals surface area contributed by atoms with Crippen molar-refractivity contribution in [2.75, 3.05) is 5.32 Å². The van der Waals surface area contributed by atoms with Crippen LogP contribution < -0.4 is 5.32 Å². The van der Waals surface area contributed by atoms with Crippen molar-refractivity contribution < 1.29 is 9.21 Å². The summed E-state index contributed by atoms with van der Waals surface area (Å²) in [5.74, 6) is 0.287. The van der Waals surface area contributed by atoms with Crippen molar-refractivity contribution in [2.45, 2.75) is 0 Å². The van der Waals surface area contributed by atoms with E-state index in [1.54, 1.807) is 42.5 Å². The summed E-state index contributed by atoms with van der Waals surface area (Å²) < 4.78 is 7.87. The summed E-state index contributed by atoms with van der Waals surface area (Å²) in [6.45, 7) is 0. The molecular weight excluding hydrogens is 542 g/mol. The van der Waals surface area contributed by atoms with Crippen LogP contribution >= 0.6 is 50.1 Å². The van der Waals surface area contributed by atoms with Gasteiger partial charge in [0, 0.05) is 24.3 Å². The minimum absolute atomic E-state index is 0.235. The number of hydrogen-bond acceptors (Lipinski definition) is 3. The van der Waals surface area contributed by atoms with Crippen molar-refractivity contribution in [1.29, 1.82) is 0 Å². The maximum absolute atomic E-state index is 12.4. The Morgan fingerprint density at radius 3 is 2.78 bits per heavy atom. The minimum atomic E-state index is -0.235. The quantitative estimate of drug-likeness (QED) is 0.285. The van der Waals surface area contributed by atoms with Gasteiger partial charge in [-0.25, -0.2) is 4.98 Å². The molecule has 7 heteroatoms. The first-order valence-electron chi connectivity index (χ1n) is 7.92. The van der Waals surface area contributed by atoms with Gasteiger partial charge in [0.25, 0.3) is 5.91 Å². The summed E-state index contributed by atoms with van der Waals surface area (Å²) in [5.41, 5.74) is 3.32. The molecule has 0 aliphatic heterocycles. The van der Waals surface area contributed by atoms with Gasteiger partial charge in [0.1, 0.15) is 5.52 Å². The predicted octanol–water partition coefficient (Wildman–Crippen LogP) is 6.77. The fraction of sp³-hybridized carbons (Fsp3) is 0. The number of nitrogens with one attached hydrogen (secondary N) is 1. The molecule has 0 atom stereocenters. The number of carbonyl (C=O) groups excluding carboxylic acids is 1. The zero-order chi connectivity index (χ0) is 19.0. The third kappa shape index (κ3) is 4.02. The molecule has 1 N–H and O–H groups in total. The van der Waals surface area contributed by atoms with Crippen LogP contribution in [0.5, 0.6) is 0 Å². The fourth-order valence-electron chi connectivity index (χ4n) is 2.61. The molecule has 0 radical (unpaired) electrons. The van der Waals surface area contributed by atoms with Crippen LogP contribution in [0.3, 0.4) is 0 Å². The molecule has 0 saturated carbocycles. The summed E-state index contributed by atoms with van der Waals surface area (Å²) in [6, 6.07) is 18.1. The number of halogens is 3. The maximum atomic E-state index is 12.4. The Balaban J connectivity index is 1.65. The molecule has 0 fully saturated rings. The number of rotatable bonds is 3. The highest BCUT2D eigenvalue weighted by Crippen LogP contribution is 2.32. The normalized spacial score (nSPS) is 10.9. The van der Waals surface area contributed by atoms with Gasteiger partial charge < -0.3 is 9.73 Å². The van der Waals surface area contributed by atoms with Gasteiger partial charge in [-0.3, -0.25) is 4.79 Å². The largest absolute Gasteiger partial charge is 0.436 e. The Labute approximate surface area is 182 Å². The fourth-order valence-corrected chi connectivity index (χ4v) is 3.71. The second kappa shape index (κ2) is 7.61. The first-order chi connectivity index (χ1) is 13.0. The second-order valence-electron chi connectivity index (χ2n) is 5.79. The Morgan fingerprint density at radius 1 is 1.11 bits per heavy atom. The van der Waals surface area contributed by atoms with Crippen molar-refractivity contribution in [1.82, 2.24) is 4.98 Å². The number of carbonyl (C=O) groups is 1. The molecular formula is C20H11BrClIN2O2. The van der Waals surface area contributed by atoms with Gasteiger partial charge in [-0.15, -0.1) is 0 Å². The number of oxazole rings is 1. The van der Waals surface area contributed by atoms with Gasteiger partial charge in [0.15, 0.2) is 5.58 Å². The minimum Gasteiger partial charge on any atom is -0.436 e. The highest BCUT2D eigenvalue weighted by Gasteiger charge is 2.13. The van der Waals surface area contributed by atoms with E-state index in [1.807, 2.05) is 18.2 Å². The monoisotopic (exact) mass is 552 g/mol. The molecule has 0 aliphatic rings. The van der Waals surface area contributed by atoms with Crippen LogP contribution in [0, 0.1) is 3.57 Å². The summed E-state index contributed by atoms with van der Waals surface area (Å²) in [4.78, 5) is 17.0. The van der Waals surface area contributed by atoms with E-state index in [4.69, 9.17) is 16.0 Å². The number of hydrogen-bond donors (Lipinski definition) is 1. The Morgan fingerprint density at radius 2 is 1.96 bits per heavy atom. The van der Waals surface area contributed by atoms with E-state index in [1.165, 1.54) is 0 Å². The highest BCUT2D eigenvalue weighted by molar-refractivity contribution is 14.1. The van der Waals surface area contributed by atoms with Gasteiger partial charge >= 0.3 is 0 Å². The smallest absolute Gasteiger partial charge is 0.255 e. The molecule has 1 aromatic heterocycles. The van der Waals surface area contributed by atoms with Crippen molar-refractivity contribution in [3.05, 3.63) is 79.3 Å². The lowest BCUT2D eigenvalue weighted by molar-refractivity contribution is 0.102. The molecule has 134 valence electrons. The van der Waals surface area contributed by atoms with E-state index in [9.17, 15) is 4.79 Å². The van der Waals surface area contributed by atoms with Crippen LogP contribution in [0.1, 0.15) is 10.4 Å². The summed E-state index contributed by atoms with van der Waals surface area (Å²) in [6.07, 6.45) is 0. The maximum Gasteiger partial charge on any atom is 0.255 e. The Kier molecular flexibility index (Phi) is 5.21. The zero-order valence-electron chi connectivity index (χ0n) is 13.7. The van der Waals surface area contributed by atoms with E-state index >= 15 is 0 Å². The van der Waals surface area contributed by atoms with Gasteiger partial charge in [0.05, 0.1) is 5.56 Å². The van der Waals surface area contributed by atoms with Crippen LogP contribution in [0.25, 0.3) is 22.6 Å². The first kappa shape index (κ1) is 18.5. The van der Waals surface area contributed by atoms with E-state index in [0.717, 1.165) is 13.6 Å². The standard InChI is InChI=1S/C20H11BrClIN2O2/c21-16-6-4-13(23)9-15(16)20-25-17-10-14(5-7-18(17)27-20)24-19(26)11-2-1-3-12(22)8-11/h1-10H,(H,24,26). The van der Waals surface area contributed by atoms with Gasteiger partial charge in [-0.1, -0.05) is 17.7 Å². The van der Waals surface area contributed by atoms with Gasteiger partial charge in [0.2, 0.25) is 5.89 Å². The van der Waals surface area contributed by atoms with Gasteiger partial charge in [-0.05, 0) is 93.1 Å². The van der Waals surface area contributed by atoms with Crippen LogP contribution in [-0.2, 0) is 0 Å². The van der Waals surface area contributed by atoms with Crippen molar-refractivity contribution >= 4 is 72.8 Å². The number of aromatic nitrogens is 1. The van der Waals surface area contributed by atoms with E-state index in [-0.39, 0.29) is 5.91 Å². The number of benzene rings is 3. The average molecular weight is 554 g/mol. The molecule has 4 nitrogen and oxygen atoms in total. The van der Waals surface area contributed by atoms with Crippen LogP contribution in [0.15, 0.2) is 69.6 Å². The topological polar surface area (TPSA) is 55.1 Å². The molecule has 1 amide bonds. The van der Waals surface area contributed by atoms with E-state index < -0.39 is 0 Å². The molecule has 27 heavy (non-hydrogen) atoms. The molecule has 0 saturated heterocycles. The molecule has 0 unspecified atom stereocenters. The SMILES string of the molecule is O=C(Nc1ccc2oc(-c3cc(I)ccc3Br)nc2c1)c1cccc(Cl)c1. The summed E-state index contributed by atoms with van der Waals surface area (Å²) >= 11 is 11.7. The third-order valence-corrected chi connectivity index (χ3v) is 5.49. The number of fused-ring (bicyclic) bond motifs is 1. The average Bonchev–Trinajstić information content (AvgIpc) is 3.07. The Bertz CT molecular complexity index is 1180. The summed E-state index contributed by atoms with van der Waals surface area (Å²) in [5, 5.41) is 3.37. The van der Waals surface area contributed by atoms with Crippen LogP contribution in [0.2, 0.25) is 5.02 Å². The molecule has 0 aliphatic carbocycles. The lowest BCUT2D eigenvalue weighted by atomic mass is 10.2. The molecule has 0 bridgehead atoms. The molecule has 4 aromatic rings. The highest BCUT2D eigenvalue weighted by atomic mass is 127. The van der Waals surface area contributed by atoms with E-state index in [2.05, 4.69) is 48.8 Å². The lowest BCUT2D eigenvalue weighted by Crippen LogP contribution is -2.11. The zero-order valence-corrected chi connectivity index (χ0v) is 18.2. The van der Waals surface area contributed by atoms with Gasteiger partial charge in [-0.2, -0.15) is 0 Å². The lowest BCUT2D eigenvalue weighted by Gasteiger charge is -2.05. The van der Waals surface area contributed by atoms with Crippen molar-refractivity contribution in [3.8, 4) is 11.5 Å².